The van der Waals surface area contributed by atoms with Crippen LogP contribution in [0.3, 0.4) is 0 Å². The molecule has 0 saturated carbocycles. The Hall–Kier alpha value is -7.10. The van der Waals surface area contributed by atoms with Crippen molar-refractivity contribution in [3.63, 3.8) is 0 Å². The maximum absolute atomic E-state index is 12.4. The van der Waals surface area contributed by atoms with Gasteiger partial charge in [-0.15, -0.1) is 0 Å². The number of rotatable bonds is 14. The number of hydrogen-bond donors (Lipinski definition) is 2. The first-order valence-electron chi connectivity index (χ1n) is 14.3. The molecule has 248 valence electrons. The Morgan fingerprint density at radius 3 is 1.43 bits per heavy atom. The molecule has 2 amide bonds. The van der Waals surface area contributed by atoms with E-state index in [2.05, 4.69) is 21.1 Å². The summed E-state index contributed by atoms with van der Waals surface area (Å²) in [4.78, 5) is 69.7. The third-order valence-corrected chi connectivity index (χ3v) is 6.34. The number of hydrogen-bond acceptors (Lipinski definition) is 12. The number of nitro groups is 2. The number of nitro benzene ring substituents is 2. The highest BCUT2D eigenvalue weighted by Gasteiger charge is 2.15. The van der Waals surface area contributed by atoms with Crippen molar-refractivity contribution in [1.29, 1.82) is 0 Å². The van der Waals surface area contributed by atoms with Gasteiger partial charge in [-0.05, 0) is 53.9 Å². The van der Waals surface area contributed by atoms with Crippen LogP contribution < -0.4 is 20.3 Å². The van der Waals surface area contributed by atoms with Crippen LogP contribution in [-0.4, -0.2) is 46.0 Å². The van der Waals surface area contributed by atoms with E-state index in [1.165, 1.54) is 73.1 Å². The van der Waals surface area contributed by atoms with Crippen molar-refractivity contribution in [2.45, 2.75) is 19.3 Å². The fraction of sp³-hybridized carbons (Fsp3) is 0.0909. The normalized spacial score (nSPS) is 10.8. The molecule has 0 aromatic heterocycles. The lowest BCUT2D eigenvalue weighted by Gasteiger charge is -2.05. The quantitative estimate of drug-likeness (QED) is 0.0620. The Morgan fingerprint density at radius 2 is 1.02 bits per heavy atom. The lowest BCUT2D eigenvalue weighted by Crippen LogP contribution is -2.20. The number of nitrogens with one attached hydrogen (secondary N) is 2. The lowest BCUT2D eigenvalue weighted by molar-refractivity contribution is -0.385. The van der Waals surface area contributed by atoms with E-state index >= 15 is 0 Å². The zero-order chi connectivity index (χ0) is 35.2. The summed E-state index contributed by atoms with van der Waals surface area (Å²) in [5, 5.41) is 29.6. The zero-order valence-corrected chi connectivity index (χ0v) is 25.4. The van der Waals surface area contributed by atoms with Gasteiger partial charge in [0.15, 0.2) is 0 Å². The molecule has 0 radical (unpaired) electrons. The van der Waals surface area contributed by atoms with Crippen molar-refractivity contribution in [2.75, 3.05) is 0 Å². The van der Waals surface area contributed by atoms with Gasteiger partial charge in [0, 0.05) is 37.1 Å². The smallest absolute Gasteiger partial charge is 0.343 e. The van der Waals surface area contributed by atoms with Crippen LogP contribution in [0.2, 0.25) is 0 Å². The number of ether oxygens (including phenoxy) is 2. The maximum Gasteiger partial charge on any atom is 0.343 e. The number of non-ortho nitro benzene ring substituents is 2. The lowest BCUT2D eigenvalue weighted by atomic mass is 10.2. The molecule has 0 unspecified atom stereocenters. The summed E-state index contributed by atoms with van der Waals surface area (Å²) in [6, 6.07) is 22.7. The first-order chi connectivity index (χ1) is 23.6. The monoisotopic (exact) mass is 666 g/mol. The molecule has 0 saturated heterocycles. The van der Waals surface area contributed by atoms with Crippen LogP contribution in [0.15, 0.2) is 107 Å². The molecule has 0 spiro atoms. The van der Waals surface area contributed by atoms with Crippen LogP contribution in [0, 0.1) is 20.2 Å². The van der Waals surface area contributed by atoms with E-state index < -0.39 is 33.6 Å². The Bertz CT molecular complexity index is 1820. The predicted molar refractivity (Wildman–Crippen MR) is 174 cm³/mol. The molecule has 0 aliphatic rings. The van der Waals surface area contributed by atoms with Gasteiger partial charge < -0.3 is 9.47 Å². The number of carbonyl (C=O) groups excluding carboxylic acids is 4. The Labute approximate surface area is 277 Å². The van der Waals surface area contributed by atoms with Crippen molar-refractivity contribution in [3.8, 4) is 11.5 Å². The Morgan fingerprint density at radius 1 is 0.612 bits per heavy atom. The summed E-state index contributed by atoms with van der Waals surface area (Å²) < 4.78 is 10.6. The van der Waals surface area contributed by atoms with Crippen molar-refractivity contribution in [3.05, 3.63) is 140 Å². The average Bonchev–Trinajstić information content (AvgIpc) is 3.08. The molecule has 0 atom stereocenters. The number of amides is 2. The van der Waals surface area contributed by atoms with Crippen molar-refractivity contribution < 1.29 is 38.5 Å². The molecule has 0 bridgehead atoms. The van der Waals surface area contributed by atoms with Gasteiger partial charge in [0.1, 0.15) is 11.5 Å². The van der Waals surface area contributed by atoms with Gasteiger partial charge in [-0.25, -0.2) is 20.4 Å². The minimum Gasteiger partial charge on any atom is -0.423 e. The maximum atomic E-state index is 12.4. The van der Waals surface area contributed by atoms with Crippen molar-refractivity contribution in [1.82, 2.24) is 10.9 Å². The van der Waals surface area contributed by atoms with Gasteiger partial charge in [0.05, 0.1) is 33.4 Å². The van der Waals surface area contributed by atoms with Gasteiger partial charge in [0.25, 0.3) is 11.4 Å². The predicted octanol–water partition coefficient (Wildman–Crippen LogP) is 4.71. The number of nitrogens with zero attached hydrogens (tertiary/aromatic N) is 4. The molecule has 16 nitrogen and oxygen atoms in total. The first-order valence-corrected chi connectivity index (χ1v) is 14.3. The molecular formula is C33H26N6O10. The van der Waals surface area contributed by atoms with Crippen molar-refractivity contribution >= 4 is 47.6 Å². The van der Waals surface area contributed by atoms with E-state index in [0.717, 1.165) is 12.1 Å². The molecule has 0 aliphatic heterocycles. The topological polar surface area (TPSA) is 222 Å². The minimum absolute atomic E-state index is 0.00662. The highest BCUT2D eigenvalue weighted by molar-refractivity contribution is 5.93. The largest absolute Gasteiger partial charge is 0.423 e. The van der Waals surface area contributed by atoms with Crippen LogP contribution in [0.25, 0.3) is 0 Å². The van der Waals surface area contributed by atoms with Gasteiger partial charge >= 0.3 is 11.9 Å². The van der Waals surface area contributed by atoms with E-state index in [9.17, 15) is 39.4 Å². The van der Waals surface area contributed by atoms with E-state index in [1.54, 1.807) is 24.3 Å². The third kappa shape index (κ3) is 11.0. The number of esters is 2. The molecule has 0 aliphatic carbocycles. The second-order valence-electron chi connectivity index (χ2n) is 9.98. The average molecular weight is 667 g/mol. The second kappa shape index (κ2) is 17.0. The molecule has 49 heavy (non-hydrogen) atoms. The summed E-state index contributed by atoms with van der Waals surface area (Å²) in [5.41, 5.74) is 5.20. The van der Waals surface area contributed by atoms with Crippen LogP contribution >= 0.6 is 0 Å². The van der Waals surface area contributed by atoms with Gasteiger partial charge in [-0.1, -0.05) is 36.4 Å². The number of hydrazone groups is 2. The number of carbonyl (C=O) groups is 4. The molecule has 16 heteroatoms. The van der Waals surface area contributed by atoms with Crippen LogP contribution in [0.5, 0.6) is 11.5 Å². The van der Waals surface area contributed by atoms with Gasteiger partial charge in [-0.3, -0.25) is 29.8 Å². The standard InChI is InChI=1S/C33H26N6O10/c40-30(36-34-20-22-6-1-12-28(16-22)48-32(42)24-8-3-10-26(18-24)38(44)45)14-5-15-31(41)37-35-21-23-7-2-13-29(17-23)49-33(43)25-9-4-11-27(19-25)39(46)47/h1-4,6-13,16-21H,5,14-15H2,(H,36,40)(H,37,41). The molecular weight excluding hydrogens is 640 g/mol. The SMILES string of the molecule is O=C(CCCC(=O)NN=Cc1cccc(OC(=O)c2cccc([N+](=O)[O-])c2)c1)NN=Cc1cccc(OC(=O)c2cccc([N+](=O)[O-])c2)c1. The molecule has 0 fully saturated rings. The van der Waals surface area contributed by atoms with E-state index in [-0.39, 0.29) is 53.3 Å². The fourth-order valence-electron chi connectivity index (χ4n) is 4.02. The summed E-state index contributed by atoms with van der Waals surface area (Å²) in [6.07, 6.45) is 2.84. The highest BCUT2D eigenvalue weighted by atomic mass is 16.6. The highest BCUT2D eigenvalue weighted by Crippen LogP contribution is 2.19. The van der Waals surface area contributed by atoms with Crippen LogP contribution in [-0.2, 0) is 9.59 Å². The molecule has 4 aromatic carbocycles. The summed E-state index contributed by atoms with van der Waals surface area (Å²) in [7, 11) is 0. The van der Waals surface area contributed by atoms with E-state index in [0.29, 0.717) is 11.1 Å². The summed E-state index contributed by atoms with van der Waals surface area (Å²) in [5.74, 6) is -2.14. The fourth-order valence-corrected chi connectivity index (χ4v) is 4.02. The van der Waals surface area contributed by atoms with Crippen LogP contribution in [0.1, 0.15) is 51.1 Å². The van der Waals surface area contributed by atoms with Crippen molar-refractivity contribution in [2.24, 2.45) is 10.2 Å². The van der Waals surface area contributed by atoms with E-state index in [4.69, 9.17) is 9.47 Å². The van der Waals surface area contributed by atoms with Gasteiger partial charge in [-0.2, -0.15) is 10.2 Å². The zero-order valence-electron chi connectivity index (χ0n) is 25.4. The molecule has 4 rings (SSSR count). The minimum atomic E-state index is -0.783. The first kappa shape index (κ1) is 34.8. The van der Waals surface area contributed by atoms with Crippen LogP contribution in [0.4, 0.5) is 11.4 Å². The molecule has 0 heterocycles. The van der Waals surface area contributed by atoms with Gasteiger partial charge in [0.2, 0.25) is 11.8 Å². The summed E-state index contributed by atoms with van der Waals surface area (Å²) >= 11 is 0. The third-order valence-electron chi connectivity index (χ3n) is 6.34. The molecule has 2 N–H and O–H groups in total. The molecule has 4 aromatic rings. The second-order valence-corrected chi connectivity index (χ2v) is 9.98. The van der Waals surface area contributed by atoms with E-state index in [1.807, 2.05) is 0 Å². The summed E-state index contributed by atoms with van der Waals surface area (Å²) in [6.45, 7) is 0. The number of benzene rings is 4. The Kier molecular flexibility index (Phi) is 12.1. The Balaban J connectivity index is 1.17.